The zero-order valence-electron chi connectivity index (χ0n) is 14.5. The van der Waals surface area contributed by atoms with Crippen molar-refractivity contribution in [1.82, 2.24) is 0 Å². The van der Waals surface area contributed by atoms with Crippen LogP contribution in [0.2, 0.25) is 0 Å². The van der Waals surface area contributed by atoms with Crippen molar-refractivity contribution >= 4 is 35.4 Å². The SMILES string of the molecule is COC(=O)[C@@H]1C(=O)[C@@H](C(=O)OC)C2C1[C@H](C(=O)OC)C(=O)[C@@H]2C(=O)OC. The highest BCUT2D eigenvalue weighted by Crippen LogP contribution is 2.54. The Bertz CT molecular complexity index is 571. The van der Waals surface area contributed by atoms with Gasteiger partial charge in [-0.15, -0.1) is 0 Å². The van der Waals surface area contributed by atoms with Gasteiger partial charge in [-0.3, -0.25) is 28.8 Å². The van der Waals surface area contributed by atoms with Crippen molar-refractivity contribution in [2.45, 2.75) is 0 Å². The number of methoxy groups -OCH3 is 4. The fourth-order valence-corrected chi connectivity index (χ4v) is 4.02. The second-order valence-corrected chi connectivity index (χ2v) is 5.96. The lowest BCUT2D eigenvalue weighted by molar-refractivity contribution is -0.156. The summed E-state index contributed by atoms with van der Waals surface area (Å²) in [7, 11) is 4.10. The van der Waals surface area contributed by atoms with Gasteiger partial charge in [-0.1, -0.05) is 0 Å². The van der Waals surface area contributed by atoms with Crippen molar-refractivity contribution in [2.75, 3.05) is 28.4 Å². The normalized spacial score (nSPS) is 32.6. The third kappa shape index (κ3) is 2.65. The molecule has 0 aromatic rings. The number of hydrogen-bond donors (Lipinski definition) is 0. The maximum Gasteiger partial charge on any atom is 0.316 e. The number of ketones is 2. The van der Waals surface area contributed by atoms with Crippen LogP contribution in [0.4, 0.5) is 0 Å². The Kier molecular flexibility index (Phi) is 5.43. The van der Waals surface area contributed by atoms with E-state index in [0.29, 0.717) is 0 Å². The first-order valence-electron chi connectivity index (χ1n) is 7.65. The first-order chi connectivity index (χ1) is 12.3. The van der Waals surface area contributed by atoms with Gasteiger partial charge in [0, 0.05) is 11.8 Å². The van der Waals surface area contributed by atoms with E-state index in [1.807, 2.05) is 0 Å². The third-order valence-corrected chi connectivity index (χ3v) is 5.03. The van der Waals surface area contributed by atoms with Crippen molar-refractivity contribution in [3.05, 3.63) is 0 Å². The average Bonchev–Trinajstić information content (AvgIpc) is 3.08. The Morgan fingerprint density at radius 3 is 0.885 bits per heavy atom. The first-order valence-corrected chi connectivity index (χ1v) is 7.65. The second-order valence-electron chi connectivity index (χ2n) is 5.96. The minimum absolute atomic E-state index is 0.867. The molecule has 0 radical (unpaired) electrons. The molecule has 2 fully saturated rings. The second kappa shape index (κ2) is 7.22. The van der Waals surface area contributed by atoms with Crippen LogP contribution in [0.15, 0.2) is 0 Å². The fourth-order valence-electron chi connectivity index (χ4n) is 4.02. The van der Waals surface area contributed by atoms with Crippen LogP contribution < -0.4 is 0 Å². The van der Waals surface area contributed by atoms with Crippen molar-refractivity contribution in [2.24, 2.45) is 35.5 Å². The van der Waals surface area contributed by atoms with E-state index in [9.17, 15) is 28.8 Å². The molecule has 0 spiro atoms. The van der Waals surface area contributed by atoms with Gasteiger partial charge in [-0.2, -0.15) is 0 Å². The van der Waals surface area contributed by atoms with Gasteiger partial charge in [0.1, 0.15) is 23.7 Å². The minimum atomic E-state index is -1.57. The third-order valence-electron chi connectivity index (χ3n) is 5.03. The van der Waals surface area contributed by atoms with Crippen molar-refractivity contribution in [3.8, 4) is 0 Å². The molecule has 0 heterocycles. The van der Waals surface area contributed by atoms with Crippen LogP contribution in [-0.2, 0) is 47.7 Å². The predicted octanol–water partition coefficient (Wildman–Crippen LogP) is -1.46. The summed E-state index contributed by atoms with van der Waals surface area (Å²) in [5.41, 5.74) is 0. The molecule has 26 heavy (non-hydrogen) atoms. The number of hydrogen-bond acceptors (Lipinski definition) is 10. The van der Waals surface area contributed by atoms with E-state index in [1.165, 1.54) is 0 Å². The molecule has 0 N–H and O–H groups in total. The minimum Gasteiger partial charge on any atom is -0.468 e. The standard InChI is InChI=1S/C16H18O10/c1-23-13(19)7-5-6(9(11(7)17)15(21)25-3)10(16(22)26-4)12(18)8(5)14(20)24-2/h5-10H,1-4H3/t5?,6?,7-,8-,9-,10+/m0/s1. The molecule has 142 valence electrons. The lowest BCUT2D eigenvalue weighted by Gasteiger charge is -2.20. The Labute approximate surface area is 148 Å². The van der Waals surface area contributed by atoms with E-state index in [4.69, 9.17) is 0 Å². The molecule has 0 amide bonds. The molecule has 10 heteroatoms. The molecular formula is C16H18O10. The highest BCUT2D eigenvalue weighted by atomic mass is 16.5. The van der Waals surface area contributed by atoms with Gasteiger partial charge in [0.2, 0.25) is 0 Å². The summed E-state index contributed by atoms with van der Waals surface area (Å²) in [4.78, 5) is 74.1. The topological polar surface area (TPSA) is 139 Å². The number of fused-ring (bicyclic) bond motifs is 1. The van der Waals surface area contributed by atoms with Gasteiger partial charge in [-0.05, 0) is 0 Å². The van der Waals surface area contributed by atoms with Gasteiger partial charge in [0.05, 0.1) is 28.4 Å². The highest BCUT2D eigenvalue weighted by Gasteiger charge is 2.70. The number of carbonyl (C=O) groups excluding carboxylic acids is 6. The first kappa shape index (κ1) is 19.5. The Morgan fingerprint density at radius 2 is 0.731 bits per heavy atom. The molecule has 0 aromatic carbocycles. The summed E-state index contributed by atoms with van der Waals surface area (Å²) in [6.45, 7) is 0. The van der Waals surface area contributed by atoms with Gasteiger partial charge in [-0.25, -0.2) is 0 Å². The zero-order valence-corrected chi connectivity index (χ0v) is 14.5. The molecule has 2 saturated carbocycles. The Balaban J connectivity index is 2.67. The van der Waals surface area contributed by atoms with E-state index in [0.717, 1.165) is 28.4 Å². The molecular weight excluding hydrogens is 352 g/mol. The molecule has 2 aliphatic rings. The van der Waals surface area contributed by atoms with Crippen LogP contribution in [0.5, 0.6) is 0 Å². The molecule has 2 unspecified atom stereocenters. The molecule has 6 atom stereocenters. The number of carbonyl (C=O) groups is 6. The fraction of sp³-hybridized carbons (Fsp3) is 0.625. The molecule has 0 bridgehead atoms. The van der Waals surface area contributed by atoms with Crippen molar-refractivity contribution < 1.29 is 47.7 Å². The van der Waals surface area contributed by atoms with Gasteiger partial charge >= 0.3 is 23.9 Å². The van der Waals surface area contributed by atoms with Crippen LogP contribution in [0.25, 0.3) is 0 Å². The monoisotopic (exact) mass is 370 g/mol. The molecule has 2 aliphatic carbocycles. The summed E-state index contributed by atoms with van der Waals surface area (Å²) in [6.07, 6.45) is 0. The Morgan fingerprint density at radius 1 is 0.538 bits per heavy atom. The molecule has 2 rings (SSSR count). The van der Waals surface area contributed by atoms with Gasteiger partial charge < -0.3 is 18.9 Å². The number of rotatable bonds is 4. The van der Waals surface area contributed by atoms with Crippen LogP contribution >= 0.6 is 0 Å². The molecule has 0 saturated heterocycles. The van der Waals surface area contributed by atoms with Gasteiger partial charge in [0.15, 0.2) is 11.6 Å². The van der Waals surface area contributed by atoms with Crippen LogP contribution in [0.1, 0.15) is 0 Å². The molecule has 10 nitrogen and oxygen atoms in total. The largest absolute Gasteiger partial charge is 0.468 e. The summed E-state index contributed by atoms with van der Waals surface area (Å²) in [6, 6.07) is 0. The van der Waals surface area contributed by atoms with Crippen LogP contribution in [0.3, 0.4) is 0 Å². The van der Waals surface area contributed by atoms with E-state index in [1.54, 1.807) is 0 Å². The number of Topliss-reactive ketones (excluding diaryl/α,β-unsaturated/α-hetero) is 2. The van der Waals surface area contributed by atoms with E-state index >= 15 is 0 Å². The van der Waals surface area contributed by atoms with Crippen molar-refractivity contribution in [1.29, 1.82) is 0 Å². The predicted molar refractivity (Wildman–Crippen MR) is 79.0 cm³/mol. The lowest BCUT2D eigenvalue weighted by Crippen LogP contribution is -2.39. The van der Waals surface area contributed by atoms with Gasteiger partial charge in [0.25, 0.3) is 0 Å². The van der Waals surface area contributed by atoms with Crippen LogP contribution in [-0.4, -0.2) is 63.9 Å². The lowest BCUT2D eigenvalue weighted by atomic mass is 9.82. The van der Waals surface area contributed by atoms with Crippen molar-refractivity contribution in [3.63, 3.8) is 0 Å². The molecule has 0 aliphatic heterocycles. The average molecular weight is 370 g/mol. The zero-order chi connectivity index (χ0) is 19.8. The summed E-state index contributed by atoms with van der Waals surface area (Å²) in [5.74, 6) is -14.6. The quantitative estimate of drug-likeness (QED) is 0.328. The maximum atomic E-state index is 12.7. The Hall–Kier alpha value is -2.78. The van der Waals surface area contributed by atoms with E-state index in [-0.39, 0.29) is 0 Å². The molecule has 0 aromatic heterocycles. The summed E-state index contributed by atoms with van der Waals surface area (Å²) in [5, 5.41) is 0. The smallest absolute Gasteiger partial charge is 0.316 e. The number of esters is 4. The maximum absolute atomic E-state index is 12.7. The summed E-state index contributed by atoms with van der Waals surface area (Å²) < 4.78 is 18.4. The van der Waals surface area contributed by atoms with E-state index in [2.05, 4.69) is 18.9 Å². The number of ether oxygens (including phenoxy) is 4. The summed E-state index contributed by atoms with van der Waals surface area (Å²) >= 11 is 0. The van der Waals surface area contributed by atoms with Crippen LogP contribution in [0, 0.1) is 35.5 Å². The van der Waals surface area contributed by atoms with E-state index < -0.39 is 71.0 Å². The highest BCUT2D eigenvalue weighted by molar-refractivity contribution is 6.18.